The summed E-state index contributed by atoms with van der Waals surface area (Å²) >= 11 is 0. The first-order valence-corrected chi connectivity index (χ1v) is 7.54. The summed E-state index contributed by atoms with van der Waals surface area (Å²) in [6, 6.07) is 10.6. The number of epoxide rings is 1. The van der Waals surface area contributed by atoms with Crippen LogP contribution in [0, 0.1) is 0 Å². The second-order valence-electron chi connectivity index (χ2n) is 5.56. The van der Waals surface area contributed by atoms with E-state index in [4.69, 9.17) is 9.47 Å². The molecule has 0 aromatic heterocycles. The van der Waals surface area contributed by atoms with Crippen molar-refractivity contribution in [3.8, 4) is 0 Å². The molecule has 0 spiro atoms. The molecule has 3 nitrogen and oxygen atoms in total. The maximum absolute atomic E-state index is 11.7. The predicted molar refractivity (Wildman–Crippen MR) is 78.6 cm³/mol. The van der Waals surface area contributed by atoms with Crippen molar-refractivity contribution in [1.29, 1.82) is 0 Å². The van der Waals surface area contributed by atoms with Crippen LogP contribution < -0.4 is 0 Å². The van der Waals surface area contributed by atoms with Crippen LogP contribution in [0.25, 0.3) is 0 Å². The zero-order valence-corrected chi connectivity index (χ0v) is 12.4. The molecule has 0 aliphatic carbocycles. The number of benzene rings is 1. The standard InChI is InChI=1S/C17H24O3/c1-3-19-16(18)17(13-20-17)12-8-7-9-14(2)15-10-5-4-6-11-15/h4-6,10-11,14H,3,7-9,12-13H2,1-2H3. The van der Waals surface area contributed by atoms with Crippen LogP contribution in [0.1, 0.15) is 51.0 Å². The van der Waals surface area contributed by atoms with Crippen LogP contribution in [-0.4, -0.2) is 24.8 Å². The highest BCUT2D eigenvalue weighted by atomic mass is 16.6. The highest BCUT2D eigenvalue weighted by molar-refractivity contribution is 5.82. The lowest BCUT2D eigenvalue weighted by atomic mass is 9.93. The van der Waals surface area contributed by atoms with Gasteiger partial charge >= 0.3 is 5.97 Å². The van der Waals surface area contributed by atoms with Gasteiger partial charge < -0.3 is 9.47 Å². The molecule has 2 atom stereocenters. The number of carbonyl (C=O) groups is 1. The van der Waals surface area contributed by atoms with E-state index in [9.17, 15) is 4.79 Å². The summed E-state index contributed by atoms with van der Waals surface area (Å²) in [6.07, 6.45) is 4.05. The van der Waals surface area contributed by atoms with Gasteiger partial charge in [-0.3, -0.25) is 0 Å². The van der Waals surface area contributed by atoms with Crippen LogP contribution in [0.4, 0.5) is 0 Å². The molecule has 110 valence electrons. The monoisotopic (exact) mass is 276 g/mol. The van der Waals surface area contributed by atoms with E-state index < -0.39 is 5.60 Å². The first kappa shape index (κ1) is 15.0. The lowest BCUT2D eigenvalue weighted by Gasteiger charge is -2.13. The van der Waals surface area contributed by atoms with Gasteiger partial charge in [0.05, 0.1) is 13.2 Å². The lowest BCUT2D eigenvalue weighted by Crippen LogP contribution is -2.27. The van der Waals surface area contributed by atoms with Crippen molar-refractivity contribution >= 4 is 5.97 Å². The maximum Gasteiger partial charge on any atom is 0.340 e. The maximum atomic E-state index is 11.7. The summed E-state index contributed by atoms with van der Waals surface area (Å²) < 4.78 is 10.4. The summed E-state index contributed by atoms with van der Waals surface area (Å²) in [5, 5.41) is 0. The van der Waals surface area contributed by atoms with Crippen LogP contribution in [0.5, 0.6) is 0 Å². The molecular formula is C17H24O3. The van der Waals surface area contributed by atoms with Gasteiger partial charge in [-0.15, -0.1) is 0 Å². The van der Waals surface area contributed by atoms with Gasteiger partial charge in [-0.2, -0.15) is 0 Å². The third-order valence-corrected chi connectivity index (χ3v) is 3.98. The Hall–Kier alpha value is -1.35. The zero-order valence-electron chi connectivity index (χ0n) is 12.4. The van der Waals surface area contributed by atoms with Gasteiger partial charge in [0, 0.05) is 0 Å². The van der Waals surface area contributed by atoms with Crippen molar-refractivity contribution in [3.05, 3.63) is 35.9 Å². The molecule has 1 saturated heterocycles. The molecular weight excluding hydrogens is 252 g/mol. The number of esters is 1. The SMILES string of the molecule is CCOC(=O)C1(CCCCC(C)c2ccccc2)CO1. The van der Waals surface area contributed by atoms with Crippen molar-refractivity contribution in [2.24, 2.45) is 0 Å². The fraction of sp³-hybridized carbons (Fsp3) is 0.588. The van der Waals surface area contributed by atoms with E-state index in [-0.39, 0.29) is 5.97 Å². The van der Waals surface area contributed by atoms with Crippen LogP contribution in [0.3, 0.4) is 0 Å². The van der Waals surface area contributed by atoms with Crippen molar-refractivity contribution in [1.82, 2.24) is 0 Å². The summed E-state index contributed by atoms with van der Waals surface area (Å²) in [5.74, 6) is 0.381. The lowest BCUT2D eigenvalue weighted by molar-refractivity contribution is -0.149. The summed E-state index contributed by atoms with van der Waals surface area (Å²) in [4.78, 5) is 11.7. The van der Waals surface area contributed by atoms with Crippen LogP contribution >= 0.6 is 0 Å². The molecule has 1 fully saturated rings. The molecule has 1 aliphatic rings. The number of carbonyl (C=O) groups excluding carboxylic acids is 1. The Labute approximate surface area is 121 Å². The topological polar surface area (TPSA) is 38.8 Å². The molecule has 2 rings (SSSR count). The quantitative estimate of drug-likeness (QED) is 0.413. The van der Waals surface area contributed by atoms with Gasteiger partial charge in [0.25, 0.3) is 0 Å². The molecule has 1 aromatic carbocycles. The normalized spacial score (nSPS) is 22.3. The molecule has 0 N–H and O–H groups in total. The molecule has 0 amide bonds. The minimum Gasteiger partial charge on any atom is -0.464 e. The molecule has 0 radical (unpaired) electrons. The summed E-state index contributed by atoms with van der Waals surface area (Å²) in [5.41, 5.74) is 0.779. The van der Waals surface area contributed by atoms with Crippen molar-refractivity contribution in [2.75, 3.05) is 13.2 Å². The summed E-state index contributed by atoms with van der Waals surface area (Å²) in [6.45, 7) is 5.04. The van der Waals surface area contributed by atoms with E-state index in [0.717, 1.165) is 25.7 Å². The Kier molecular flexibility index (Phi) is 5.18. The van der Waals surface area contributed by atoms with Crippen LogP contribution in [0.15, 0.2) is 30.3 Å². The van der Waals surface area contributed by atoms with E-state index in [0.29, 0.717) is 19.1 Å². The highest BCUT2D eigenvalue weighted by Crippen LogP contribution is 2.35. The number of ether oxygens (including phenoxy) is 2. The molecule has 1 aliphatic heterocycles. The second-order valence-corrected chi connectivity index (χ2v) is 5.56. The minimum absolute atomic E-state index is 0.184. The van der Waals surface area contributed by atoms with Crippen molar-refractivity contribution < 1.29 is 14.3 Å². The van der Waals surface area contributed by atoms with E-state index in [1.807, 2.05) is 13.0 Å². The van der Waals surface area contributed by atoms with Crippen LogP contribution in [-0.2, 0) is 14.3 Å². The fourth-order valence-electron chi connectivity index (χ4n) is 2.52. The number of hydrogen-bond donors (Lipinski definition) is 0. The Morgan fingerprint density at radius 3 is 2.65 bits per heavy atom. The Morgan fingerprint density at radius 1 is 1.35 bits per heavy atom. The Morgan fingerprint density at radius 2 is 2.05 bits per heavy atom. The third-order valence-electron chi connectivity index (χ3n) is 3.98. The average Bonchev–Trinajstić information content (AvgIpc) is 3.26. The molecule has 0 bridgehead atoms. The smallest absolute Gasteiger partial charge is 0.340 e. The first-order chi connectivity index (χ1) is 9.68. The number of rotatable bonds is 8. The Bertz CT molecular complexity index is 423. The average molecular weight is 276 g/mol. The molecule has 2 unspecified atom stereocenters. The van der Waals surface area contributed by atoms with E-state index in [2.05, 4.69) is 31.2 Å². The van der Waals surface area contributed by atoms with Gasteiger partial charge in [-0.1, -0.05) is 43.7 Å². The van der Waals surface area contributed by atoms with E-state index in [1.165, 1.54) is 5.56 Å². The molecule has 3 heteroatoms. The van der Waals surface area contributed by atoms with Crippen LogP contribution in [0.2, 0.25) is 0 Å². The van der Waals surface area contributed by atoms with Crippen molar-refractivity contribution in [3.63, 3.8) is 0 Å². The van der Waals surface area contributed by atoms with E-state index >= 15 is 0 Å². The second kappa shape index (κ2) is 6.89. The molecule has 0 saturated carbocycles. The predicted octanol–water partition coefficient (Wildman–Crippen LogP) is 3.68. The zero-order chi connectivity index (χ0) is 14.4. The minimum atomic E-state index is -0.605. The Balaban J connectivity index is 1.68. The molecule has 1 aromatic rings. The summed E-state index contributed by atoms with van der Waals surface area (Å²) in [7, 11) is 0. The van der Waals surface area contributed by atoms with Gasteiger partial charge in [0.2, 0.25) is 0 Å². The van der Waals surface area contributed by atoms with Gasteiger partial charge in [0.1, 0.15) is 0 Å². The van der Waals surface area contributed by atoms with Crippen molar-refractivity contribution in [2.45, 2.75) is 51.0 Å². The number of hydrogen-bond acceptors (Lipinski definition) is 3. The largest absolute Gasteiger partial charge is 0.464 e. The van der Waals surface area contributed by atoms with Gasteiger partial charge in [0.15, 0.2) is 5.60 Å². The third kappa shape index (κ3) is 3.83. The van der Waals surface area contributed by atoms with Gasteiger partial charge in [-0.05, 0) is 37.7 Å². The van der Waals surface area contributed by atoms with Gasteiger partial charge in [-0.25, -0.2) is 4.79 Å². The highest BCUT2D eigenvalue weighted by Gasteiger charge is 2.52. The molecule has 20 heavy (non-hydrogen) atoms. The fourth-order valence-corrected chi connectivity index (χ4v) is 2.52. The molecule has 1 heterocycles. The van der Waals surface area contributed by atoms with E-state index in [1.54, 1.807) is 0 Å². The number of unbranched alkanes of at least 4 members (excludes halogenated alkanes) is 1. The first-order valence-electron chi connectivity index (χ1n) is 7.54.